The molecule has 0 bridgehead atoms. The number of hydrogen-bond acceptors (Lipinski definition) is 2. The van der Waals surface area contributed by atoms with Gasteiger partial charge in [-0.25, -0.2) is 4.79 Å². The highest BCUT2D eigenvalue weighted by molar-refractivity contribution is 5.92. The predicted octanol–water partition coefficient (Wildman–Crippen LogP) is 5.44. The number of aryl methyl sites for hydroxylation is 2. The zero-order valence-electron chi connectivity index (χ0n) is 20.7. The topological polar surface area (TPSA) is 57.6 Å². The highest BCUT2D eigenvalue weighted by Crippen LogP contribution is 2.24. The summed E-state index contributed by atoms with van der Waals surface area (Å²) in [5.41, 5.74) is 3.06. The monoisotopic (exact) mass is 452 g/mol. The van der Waals surface area contributed by atoms with Crippen LogP contribution >= 0.6 is 0 Å². The van der Waals surface area contributed by atoms with Gasteiger partial charge >= 0.3 is 6.03 Å². The maximum atomic E-state index is 13.5. The molecule has 33 heavy (non-hydrogen) atoms. The molecule has 6 nitrogen and oxygen atoms in total. The Bertz CT molecular complexity index is 914. The summed E-state index contributed by atoms with van der Waals surface area (Å²) in [4.78, 5) is 30.6. The first-order valence-corrected chi connectivity index (χ1v) is 12.4. The van der Waals surface area contributed by atoms with Crippen molar-refractivity contribution in [2.24, 2.45) is 13.0 Å². The average Bonchev–Trinajstić information content (AvgIpc) is 3.21. The van der Waals surface area contributed by atoms with Crippen LogP contribution in [0.3, 0.4) is 0 Å². The molecule has 0 saturated heterocycles. The van der Waals surface area contributed by atoms with Crippen molar-refractivity contribution in [2.75, 3.05) is 18.4 Å². The molecule has 1 aromatic heterocycles. The van der Waals surface area contributed by atoms with E-state index in [0.29, 0.717) is 19.0 Å². The highest BCUT2D eigenvalue weighted by atomic mass is 16.2. The number of urea groups is 1. The molecule has 3 rings (SSSR count). The van der Waals surface area contributed by atoms with Gasteiger partial charge in [0.25, 0.3) is 0 Å². The summed E-state index contributed by atoms with van der Waals surface area (Å²) in [6.07, 6.45) is 8.23. The zero-order chi connectivity index (χ0) is 23.8. The van der Waals surface area contributed by atoms with Crippen molar-refractivity contribution < 1.29 is 9.59 Å². The van der Waals surface area contributed by atoms with Crippen molar-refractivity contribution in [3.05, 3.63) is 53.9 Å². The summed E-state index contributed by atoms with van der Waals surface area (Å²) < 4.78 is 2.05. The molecule has 3 amide bonds. The van der Waals surface area contributed by atoms with E-state index in [1.165, 1.54) is 12.0 Å². The highest BCUT2D eigenvalue weighted by Gasteiger charge is 2.29. The summed E-state index contributed by atoms with van der Waals surface area (Å²) in [7, 11) is 2.00. The van der Waals surface area contributed by atoms with Gasteiger partial charge in [-0.3, -0.25) is 4.79 Å². The van der Waals surface area contributed by atoms with Gasteiger partial charge in [-0.2, -0.15) is 0 Å². The number of amides is 3. The van der Waals surface area contributed by atoms with E-state index >= 15 is 0 Å². The SMILES string of the molecule is CCc1cccc(NC(=O)N(CC(=O)N(Cc2cccn2C)CC(C)C)C2CCCCC2)c1. The van der Waals surface area contributed by atoms with Crippen molar-refractivity contribution in [1.82, 2.24) is 14.4 Å². The zero-order valence-corrected chi connectivity index (χ0v) is 20.7. The second kappa shape index (κ2) is 11.9. The minimum Gasteiger partial charge on any atom is -0.353 e. The lowest BCUT2D eigenvalue weighted by atomic mass is 9.94. The van der Waals surface area contributed by atoms with E-state index in [-0.39, 0.29) is 24.5 Å². The smallest absolute Gasteiger partial charge is 0.322 e. The number of carbonyl (C=O) groups excluding carboxylic acids is 2. The number of carbonyl (C=O) groups is 2. The Labute approximate surface area is 198 Å². The molecule has 0 unspecified atom stereocenters. The summed E-state index contributed by atoms with van der Waals surface area (Å²) in [5, 5.41) is 3.07. The molecule has 0 aliphatic heterocycles. The lowest BCUT2D eigenvalue weighted by molar-refractivity contribution is -0.133. The molecule has 1 aromatic carbocycles. The number of nitrogens with one attached hydrogen (secondary N) is 1. The van der Waals surface area contributed by atoms with Gasteiger partial charge in [0.2, 0.25) is 5.91 Å². The molecule has 1 saturated carbocycles. The second-order valence-corrected chi connectivity index (χ2v) is 9.68. The largest absolute Gasteiger partial charge is 0.353 e. The Morgan fingerprint density at radius 2 is 1.88 bits per heavy atom. The molecule has 6 heteroatoms. The quantitative estimate of drug-likeness (QED) is 0.551. The molecular formula is C27H40N4O2. The van der Waals surface area contributed by atoms with E-state index in [2.05, 4.69) is 32.2 Å². The van der Waals surface area contributed by atoms with Crippen LogP contribution in [0.4, 0.5) is 10.5 Å². The van der Waals surface area contributed by atoms with E-state index in [0.717, 1.165) is 43.5 Å². The molecule has 1 aliphatic rings. The number of benzene rings is 1. The normalized spacial score (nSPS) is 14.3. The fraction of sp³-hybridized carbons (Fsp3) is 0.556. The van der Waals surface area contributed by atoms with Crippen LogP contribution in [0.15, 0.2) is 42.6 Å². The van der Waals surface area contributed by atoms with Gasteiger partial charge in [-0.05, 0) is 55.0 Å². The molecule has 2 aromatic rings. The Morgan fingerprint density at radius 3 is 2.52 bits per heavy atom. The van der Waals surface area contributed by atoms with Gasteiger partial charge in [0.15, 0.2) is 0 Å². The molecular weight excluding hydrogens is 412 g/mol. The number of aromatic nitrogens is 1. The third kappa shape index (κ3) is 7.11. The molecule has 0 radical (unpaired) electrons. The van der Waals surface area contributed by atoms with Gasteiger partial charge in [0.1, 0.15) is 6.54 Å². The van der Waals surface area contributed by atoms with E-state index < -0.39 is 0 Å². The number of hydrogen-bond donors (Lipinski definition) is 1. The first kappa shape index (κ1) is 24.9. The van der Waals surface area contributed by atoms with Crippen LogP contribution in [0.5, 0.6) is 0 Å². The van der Waals surface area contributed by atoms with Crippen LogP contribution in [0.1, 0.15) is 64.1 Å². The van der Waals surface area contributed by atoms with Gasteiger partial charge in [-0.1, -0.05) is 52.2 Å². The van der Waals surface area contributed by atoms with Crippen LogP contribution in [-0.2, 0) is 24.8 Å². The third-order valence-electron chi connectivity index (χ3n) is 6.51. The van der Waals surface area contributed by atoms with E-state index in [9.17, 15) is 9.59 Å². The molecule has 0 spiro atoms. The Hall–Kier alpha value is -2.76. The molecule has 1 heterocycles. The minimum absolute atomic E-state index is 0.00734. The van der Waals surface area contributed by atoms with Crippen molar-refractivity contribution in [3.8, 4) is 0 Å². The van der Waals surface area contributed by atoms with Crippen molar-refractivity contribution >= 4 is 17.6 Å². The fourth-order valence-corrected chi connectivity index (χ4v) is 4.62. The van der Waals surface area contributed by atoms with E-state index in [4.69, 9.17) is 0 Å². The Morgan fingerprint density at radius 1 is 1.12 bits per heavy atom. The van der Waals surface area contributed by atoms with Gasteiger partial charge in [0.05, 0.1) is 6.54 Å². The number of nitrogens with zero attached hydrogens (tertiary/aromatic N) is 3. The predicted molar refractivity (Wildman–Crippen MR) is 134 cm³/mol. The lowest BCUT2D eigenvalue weighted by Gasteiger charge is -2.36. The van der Waals surface area contributed by atoms with Crippen molar-refractivity contribution in [1.29, 1.82) is 0 Å². The lowest BCUT2D eigenvalue weighted by Crippen LogP contribution is -2.50. The third-order valence-corrected chi connectivity index (χ3v) is 6.51. The van der Waals surface area contributed by atoms with E-state index in [1.807, 2.05) is 53.0 Å². The summed E-state index contributed by atoms with van der Waals surface area (Å²) in [6.45, 7) is 7.68. The molecule has 1 aliphatic carbocycles. The van der Waals surface area contributed by atoms with Gasteiger partial charge in [-0.15, -0.1) is 0 Å². The first-order valence-electron chi connectivity index (χ1n) is 12.4. The summed E-state index contributed by atoms with van der Waals surface area (Å²) in [5.74, 6) is 0.357. The van der Waals surface area contributed by atoms with Crippen LogP contribution in [0, 0.1) is 5.92 Å². The van der Waals surface area contributed by atoms with Crippen LogP contribution in [0.25, 0.3) is 0 Å². The van der Waals surface area contributed by atoms with E-state index in [1.54, 1.807) is 4.90 Å². The Balaban J connectivity index is 1.77. The van der Waals surface area contributed by atoms with Gasteiger partial charge in [0, 0.05) is 37.2 Å². The molecule has 1 fully saturated rings. The van der Waals surface area contributed by atoms with Crippen molar-refractivity contribution in [2.45, 2.75) is 71.9 Å². The maximum Gasteiger partial charge on any atom is 0.322 e. The van der Waals surface area contributed by atoms with Crippen LogP contribution < -0.4 is 5.32 Å². The molecule has 1 N–H and O–H groups in total. The summed E-state index contributed by atoms with van der Waals surface area (Å²) in [6, 6.07) is 11.9. The number of rotatable bonds is 9. The fourth-order valence-electron chi connectivity index (χ4n) is 4.62. The molecule has 0 atom stereocenters. The van der Waals surface area contributed by atoms with Crippen LogP contribution in [0.2, 0.25) is 0 Å². The Kier molecular flexibility index (Phi) is 8.98. The minimum atomic E-state index is -0.174. The molecule has 180 valence electrons. The second-order valence-electron chi connectivity index (χ2n) is 9.68. The van der Waals surface area contributed by atoms with Crippen molar-refractivity contribution in [3.63, 3.8) is 0 Å². The number of anilines is 1. The van der Waals surface area contributed by atoms with Gasteiger partial charge < -0.3 is 19.7 Å². The first-order chi connectivity index (χ1) is 15.9. The average molecular weight is 453 g/mol. The standard InChI is InChI=1S/C27H40N4O2/c1-5-22-11-9-12-23(17-22)28-27(33)31(24-13-7-6-8-14-24)20-26(32)30(18-21(2)3)19-25-15-10-16-29(25)4/h9-12,15-17,21,24H,5-8,13-14,18-20H2,1-4H3,(H,28,33). The maximum absolute atomic E-state index is 13.5. The summed E-state index contributed by atoms with van der Waals surface area (Å²) >= 11 is 0. The van der Waals surface area contributed by atoms with Crippen LogP contribution in [-0.4, -0.2) is 45.4 Å².